The Morgan fingerprint density at radius 1 is 1.29 bits per heavy atom. The van der Waals surface area contributed by atoms with Gasteiger partial charge in [-0.15, -0.1) is 0 Å². The summed E-state index contributed by atoms with van der Waals surface area (Å²) in [5.41, 5.74) is 2.18. The Bertz CT molecular complexity index is 584. The fourth-order valence-electron chi connectivity index (χ4n) is 2.53. The molecule has 0 bridgehead atoms. The summed E-state index contributed by atoms with van der Waals surface area (Å²) in [5, 5.41) is 14.1. The number of carbonyl (C=O) groups is 2. The Balaban J connectivity index is 2.05. The molecule has 110 valence electrons. The third-order valence-corrected chi connectivity index (χ3v) is 3.74. The van der Waals surface area contributed by atoms with E-state index < -0.39 is 0 Å². The van der Waals surface area contributed by atoms with Crippen molar-refractivity contribution in [3.8, 4) is 6.07 Å². The molecule has 2 rings (SSSR count). The van der Waals surface area contributed by atoms with E-state index in [1.807, 2.05) is 25.1 Å². The van der Waals surface area contributed by atoms with Gasteiger partial charge in [-0.25, -0.2) is 0 Å². The first kappa shape index (κ1) is 15.0. The van der Waals surface area contributed by atoms with Gasteiger partial charge in [-0.2, -0.15) is 5.26 Å². The standard InChI is InChI=1S/C16H19N3O2/c1-11-6-7-13(10-14(11)19-15(20)8-9-17)18-16(21)12-4-2-3-5-12/h6-7,10,12H,2-5,8H2,1H3,(H,18,21)(H,19,20). The van der Waals surface area contributed by atoms with Crippen molar-refractivity contribution in [3.05, 3.63) is 23.8 Å². The van der Waals surface area contributed by atoms with Gasteiger partial charge in [0.15, 0.2) is 0 Å². The summed E-state index contributed by atoms with van der Waals surface area (Å²) in [6, 6.07) is 7.20. The minimum Gasteiger partial charge on any atom is -0.326 e. The number of anilines is 2. The molecule has 1 aromatic carbocycles. The molecule has 1 saturated carbocycles. The van der Waals surface area contributed by atoms with Gasteiger partial charge in [0.05, 0.1) is 6.07 Å². The average molecular weight is 285 g/mol. The summed E-state index contributed by atoms with van der Waals surface area (Å²) in [6.45, 7) is 1.87. The minimum atomic E-state index is -0.347. The fourth-order valence-corrected chi connectivity index (χ4v) is 2.53. The zero-order valence-corrected chi connectivity index (χ0v) is 12.1. The monoisotopic (exact) mass is 285 g/mol. The summed E-state index contributed by atoms with van der Waals surface area (Å²) < 4.78 is 0. The van der Waals surface area contributed by atoms with Gasteiger partial charge in [-0.05, 0) is 37.5 Å². The molecule has 5 heteroatoms. The third kappa shape index (κ3) is 4.06. The largest absolute Gasteiger partial charge is 0.326 e. The molecule has 0 radical (unpaired) electrons. The number of nitriles is 1. The van der Waals surface area contributed by atoms with Crippen molar-refractivity contribution in [2.75, 3.05) is 10.6 Å². The number of aryl methyl sites for hydroxylation is 1. The maximum Gasteiger partial charge on any atom is 0.238 e. The van der Waals surface area contributed by atoms with Crippen LogP contribution >= 0.6 is 0 Å². The summed E-state index contributed by atoms with van der Waals surface area (Å²) in [5.74, 6) is -0.201. The lowest BCUT2D eigenvalue weighted by molar-refractivity contribution is -0.119. The summed E-state index contributed by atoms with van der Waals surface area (Å²) in [7, 11) is 0. The molecule has 21 heavy (non-hydrogen) atoms. The zero-order chi connectivity index (χ0) is 15.2. The lowest BCUT2D eigenvalue weighted by Gasteiger charge is -2.13. The van der Waals surface area contributed by atoms with E-state index in [0.717, 1.165) is 31.2 Å². The second-order valence-electron chi connectivity index (χ2n) is 5.38. The van der Waals surface area contributed by atoms with Crippen molar-refractivity contribution in [3.63, 3.8) is 0 Å². The quantitative estimate of drug-likeness (QED) is 0.892. The van der Waals surface area contributed by atoms with E-state index in [4.69, 9.17) is 5.26 Å². The number of hydrogen-bond donors (Lipinski definition) is 2. The Morgan fingerprint density at radius 2 is 2.00 bits per heavy atom. The molecule has 1 aliphatic carbocycles. The van der Waals surface area contributed by atoms with Gasteiger partial charge in [0.1, 0.15) is 6.42 Å². The lowest BCUT2D eigenvalue weighted by Crippen LogP contribution is -2.20. The van der Waals surface area contributed by atoms with E-state index in [9.17, 15) is 9.59 Å². The van der Waals surface area contributed by atoms with E-state index in [1.54, 1.807) is 6.07 Å². The molecule has 1 aromatic rings. The van der Waals surface area contributed by atoms with Gasteiger partial charge < -0.3 is 10.6 Å². The molecule has 0 atom stereocenters. The van der Waals surface area contributed by atoms with Crippen LogP contribution < -0.4 is 10.6 Å². The van der Waals surface area contributed by atoms with E-state index in [-0.39, 0.29) is 24.2 Å². The molecule has 1 fully saturated rings. The molecule has 5 nitrogen and oxygen atoms in total. The second-order valence-corrected chi connectivity index (χ2v) is 5.38. The predicted molar refractivity (Wildman–Crippen MR) is 80.6 cm³/mol. The highest BCUT2D eigenvalue weighted by Gasteiger charge is 2.22. The molecule has 2 amide bonds. The topological polar surface area (TPSA) is 82.0 Å². The number of benzene rings is 1. The molecule has 0 heterocycles. The van der Waals surface area contributed by atoms with E-state index in [2.05, 4.69) is 10.6 Å². The average Bonchev–Trinajstić information content (AvgIpc) is 2.97. The smallest absolute Gasteiger partial charge is 0.238 e. The van der Waals surface area contributed by atoms with Crippen LogP contribution in [0.2, 0.25) is 0 Å². The minimum absolute atomic E-state index is 0.0469. The zero-order valence-electron chi connectivity index (χ0n) is 12.1. The van der Waals surface area contributed by atoms with Gasteiger partial charge in [0, 0.05) is 17.3 Å². The molecular weight excluding hydrogens is 266 g/mol. The van der Waals surface area contributed by atoms with Crippen LogP contribution in [-0.4, -0.2) is 11.8 Å². The van der Waals surface area contributed by atoms with Crippen molar-refractivity contribution >= 4 is 23.2 Å². The summed E-state index contributed by atoms with van der Waals surface area (Å²) in [6.07, 6.45) is 3.94. The first-order chi connectivity index (χ1) is 10.1. The second kappa shape index (κ2) is 6.89. The molecule has 0 spiro atoms. The first-order valence-electron chi connectivity index (χ1n) is 7.18. The van der Waals surface area contributed by atoms with Gasteiger partial charge in [0.2, 0.25) is 11.8 Å². The third-order valence-electron chi connectivity index (χ3n) is 3.74. The maximum absolute atomic E-state index is 12.1. The lowest BCUT2D eigenvalue weighted by atomic mass is 10.1. The van der Waals surface area contributed by atoms with Gasteiger partial charge in [-0.1, -0.05) is 18.9 Å². The van der Waals surface area contributed by atoms with E-state index in [1.165, 1.54) is 0 Å². The van der Waals surface area contributed by atoms with Crippen LogP contribution in [0.4, 0.5) is 11.4 Å². The highest BCUT2D eigenvalue weighted by molar-refractivity contribution is 5.96. The maximum atomic E-state index is 12.1. The molecule has 0 aromatic heterocycles. The highest BCUT2D eigenvalue weighted by atomic mass is 16.2. The number of carbonyl (C=O) groups excluding carboxylic acids is 2. The van der Waals surface area contributed by atoms with Crippen LogP contribution in [-0.2, 0) is 9.59 Å². The summed E-state index contributed by atoms with van der Waals surface area (Å²) in [4.78, 5) is 23.6. The van der Waals surface area contributed by atoms with Gasteiger partial charge in [-0.3, -0.25) is 9.59 Å². The number of hydrogen-bond acceptors (Lipinski definition) is 3. The SMILES string of the molecule is Cc1ccc(NC(=O)C2CCCC2)cc1NC(=O)CC#N. The first-order valence-corrected chi connectivity index (χ1v) is 7.18. The van der Waals surface area contributed by atoms with Gasteiger partial charge >= 0.3 is 0 Å². The fraction of sp³-hybridized carbons (Fsp3) is 0.438. The Labute approximate surface area is 124 Å². The van der Waals surface area contributed by atoms with Crippen molar-refractivity contribution in [2.24, 2.45) is 5.92 Å². The normalized spacial score (nSPS) is 14.5. The Kier molecular flexibility index (Phi) is 4.94. The molecular formula is C16H19N3O2. The van der Waals surface area contributed by atoms with Crippen molar-refractivity contribution in [1.82, 2.24) is 0 Å². The molecule has 0 aliphatic heterocycles. The van der Waals surface area contributed by atoms with Crippen LogP contribution in [0, 0.1) is 24.2 Å². The van der Waals surface area contributed by atoms with Crippen LogP contribution in [0.5, 0.6) is 0 Å². The van der Waals surface area contributed by atoms with E-state index in [0.29, 0.717) is 11.4 Å². The van der Waals surface area contributed by atoms with E-state index >= 15 is 0 Å². The molecule has 0 saturated heterocycles. The number of nitrogens with one attached hydrogen (secondary N) is 2. The van der Waals surface area contributed by atoms with Gasteiger partial charge in [0.25, 0.3) is 0 Å². The number of nitrogens with zero attached hydrogens (tertiary/aromatic N) is 1. The molecule has 1 aliphatic rings. The van der Waals surface area contributed by atoms with Crippen LogP contribution in [0.1, 0.15) is 37.7 Å². The Morgan fingerprint density at radius 3 is 2.67 bits per heavy atom. The van der Waals surface area contributed by atoms with Crippen LogP contribution in [0.3, 0.4) is 0 Å². The number of amides is 2. The molecule has 2 N–H and O–H groups in total. The van der Waals surface area contributed by atoms with Crippen LogP contribution in [0.15, 0.2) is 18.2 Å². The predicted octanol–water partition coefficient (Wildman–Crippen LogP) is 2.98. The summed E-state index contributed by atoms with van der Waals surface area (Å²) >= 11 is 0. The van der Waals surface area contributed by atoms with Crippen LogP contribution in [0.25, 0.3) is 0 Å². The highest BCUT2D eigenvalue weighted by Crippen LogP contribution is 2.27. The van der Waals surface area contributed by atoms with Crippen molar-refractivity contribution in [1.29, 1.82) is 5.26 Å². The Hall–Kier alpha value is -2.35. The number of rotatable bonds is 4. The molecule has 0 unspecified atom stereocenters. The van der Waals surface area contributed by atoms with Crippen molar-refractivity contribution in [2.45, 2.75) is 39.0 Å². The van der Waals surface area contributed by atoms with Crippen molar-refractivity contribution < 1.29 is 9.59 Å².